The van der Waals surface area contributed by atoms with Crippen LogP contribution in [0.5, 0.6) is 11.5 Å². The molecule has 32 heavy (non-hydrogen) atoms. The number of nitrogens with zero attached hydrogens (tertiary/aromatic N) is 2. The predicted molar refractivity (Wildman–Crippen MR) is 127 cm³/mol. The molecule has 3 rings (SSSR count). The van der Waals surface area contributed by atoms with Crippen LogP contribution in [-0.4, -0.2) is 49.5 Å². The van der Waals surface area contributed by atoms with Crippen molar-refractivity contribution in [3.05, 3.63) is 58.1 Å². The Balaban J connectivity index is 1.74. The Bertz CT molecular complexity index is 1160. The highest BCUT2D eigenvalue weighted by Crippen LogP contribution is 2.35. The molecule has 0 saturated heterocycles. The second-order valence-corrected chi connectivity index (χ2v) is 8.46. The number of benzene rings is 2. The van der Waals surface area contributed by atoms with Crippen molar-refractivity contribution in [2.45, 2.75) is 20.8 Å². The third-order valence-electron chi connectivity index (χ3n) is 5.23. The van der Waals surface area contributed by atoms with Crippen molar-refractivity contribution in [1.29, 1.82) is 0 Å². The van der Waals surface area contributed by atoms with E-state index in [0.717, 1.165) is 22.4 Å². The molecule has 0 atom stereocenters. The fourth-order valence-corrected chi connectivity index (χ4v) is 4.28. The molecular formula is C24H27N3O4S. The number of carbonyl (C=O) groups excluding carboxylic acids is 2. The van der Waals surface area contributed by atoms with Gasteiger partial charge in [-0.05, 0) is 56.2 Å². The molecule has 7 nitrogen and oxygen atoms in total. The standard InChI is InChI=1S/C24H27N3O4S/c1-14-8-7-9-18(15(14)2)26-21(28)13-27(4)24(29)22-16(3)25-23(32-22)17-10-11-19(30-5)20(12-17)31-6/h7-12H,13H2,1-6H3,(H,26,28). The lowest BCUT2D eigenvalue weighted by Gasteiger charge is -2.17. The van der Waals surface area contributed by atoms with Crippen LogP contribution in [0.1, 0.15) is 26.5 Å². The molecule has 1 aromatic heterocycles. The van der Waals surface area contributed by atoms with Crippen LogP contribution in [-0.2, 0) is 4.79 Å². The zero-order chi connectivity index (χ0) is 23.4. The Morgan fingerprint density at radius 3 is 2.47 bits per heavy atom. The number of thiazole rings is 1. The molecule has 0 saturated carbocycles. The Morgan fingerprint density at radius 1 is 1.06 bits per heavy atom. The number of carbonyl (C=O) groups is 2. The number of aryl methyl sites for hydroxylation is 2. The van der Waals surface area contributed by atoms with Gasteiger partial charge < -0.3 is 19.7 Å². The molecule has 3 aromatic rings. The highest BCUT2D eigenvalue weighted by molar-refractivity contribution is 7.17. The number of methoxy groups -OCH3 is 2. The van der Waals surface area contributed by atoms with Crippen LogP contribution in [0.25, 0.3) is 10.6 Å². The van der Waals surface area contributed by atoms with E-state index in [2.05, 4.69) is 10.3 Å². The van der Waals surface area contributed by atoms with Gasteiger partial charge in [-0.15, -0.1) is 11.3 Å². The number of hydrogen-bond acceptors (Lipinski definition) is 6. The summed E-state index contributed by atoms with van der Waals surface area (Å²) < 4.78 is 10.6. The Labute approximate surface area is 192 Å². The van der Waals surface area contributed by atoms with Gasteiger partial charge >= 0.3 is 0 Å². The second-order valence-electron chi connectivity index (χ2n) is 7.46. The van der Waals surface area contributed by atoms with Gasteiger partial charge in [0, 0.05) is 18.3 Å². The number of anilines is 1. The molecule has 0 aliphatic heterocycles. The van der Waals surface area contributed by atoms with Gasteiger partial charge in [0.05, 0.1) is 26.5 Å². The SMILES string of the molecule is COc1ccc(-c2nc(C)c(C(=O)N(C)CC(=O)Nc3cccc(C)c3C)s2)cc1OC. The molecular weight excluding hydrogens is 426 g/mol. The number of likely N-dealkylation sites (N-methyl/N-ethyl adjacent to an activating group) is 1. The number of ether oxygens (including phenoxy) is 2. The minimum absolute atomic E-state index is 0.0603. The fourth-order valence-electron chi connectivity index (χ4n) is 3.22. The quantitative estimate of drug-likeness (QED) is 0.571. The lowest BCUT2D eigenvalue weighted by atomic mass is 10.1. The van der Waals surface area contributed by atoms with Crippen LogP contribution in [0.15, 0.2) is 36.4 Å². The van der Waals surface area contributed by atoms with Crippen LogP contribution < -0.4 is 14.8 Å². The molecule has 0 unspecified atom stereocenters. The van der Waals surface area contributed by atoms with Crippen LogP contribution in [0.4, 0.5) is 5.69 Å². The van der Waals surface area contributed by atoms with Gasteiger partial charge in [-0.25, -0.2) is 4.98 Å². The minimum Gasteiger partial charge on any atom is -0.493 e. The topological polar surface area (TPSA) is 80.8 Å². The summed E-state index contributed by atoms with van der Waals surface area (Å²) >= 11 is 1.29. The number of hydrogen-bond donors (Lipinski definition) is 1. The van der Waals surface area contributed by atoms with Crippen LogP contribution >= 0.6 is 11.3 Å². The molecule has 0 spiro atoms. The van der Waals surface area contributed by atoms with Crippen molar-refractivity contribution in [2.24, 2.45) is 0 Å². The van der Waals surface area contributed by atoms with E-state index in [0.29, 0.717) is 27.1 Å². The Kier molecular flexibility index (Phi) is 7.15. The van der Waals surface area contributed by atoms with Crippen molar-refractivity contribution in [3.63, 3.8) is 0 Å². The summed E-state index contributed by atoms with van der Waals surface area (Å²) in [7, 11) is 4.76. The monoisotopic (exact) mass is 453 g/mol. The van der Waals surface area contributed by atoms with Crippen molar-refractivity contribution >= 4 is 28.8 Å². The summed E-state index contributed by atoms with van der Waals surface area (Å²) in [4.78, 5) is 32.0. The minimum atomic E-state index is -0.253. The molecule has 1 N–H and O–H groups in total. The average Bonchev–Trinajstić information content (AvgIpc) is 3.17. The number of rotatable bonds is 7. The Morgan fingerprint density at radius 2 is 1.78 bits per heavy atom. The van der Waals surface area contributed by atoms with E-state index in [9.17, 15) is 9.59 Å². The third kappa shape index (κ3) is 4.91. The van der Waals surface area contributed by atoms with Crippen molar-refractivity contribution in [2.75, 3.05) is 33.1 Å². The number of nitrogens with one attached hydrogen (secondary N) is 1. The van der Waals surface area contributed by atoms with E-state index in [-0.39, 0.29) is 18.4 Å². The maximum atomic E-state index is 13.0. The highest BCUT2D eigenvalue weighted by atomic mass is 32.1. The average molecular weight is 454 g/mol. The van der Waals surface area contributed by atoms with Crippen molar-refractivity contribution in [3.8, 4) is 22.1 Å². The van der Waals surface area contributed by atoms with Crippen LogP contribution in [0, 0.1) is 20.8 Å². The first-order valence-corrected chi connectivity index (χ1v) is 10.9. The summed E-state index contributed by atoms with van der Waals surface area (Å²) in [5.74, 6) is 0.709. The number of aromatic nitrogens is 1. The van der Waals surface area contributed by atoms with E-state index in [1.807, 2.05) is 44.2 Å². The number of amides is 2. The first-order valence-electron chi connectivity index (χ1n) is 10.1. The lowest BCUT2D eigenvalue weighted by Crippen LogP contribution is -2.35. The van der Waals surface area contributed by atoms with Crippen LogP contribution in [0.2, 0.25) is 0 Å². The smallest absolute Gasteiger partial charge is 0.266 e. The predicted octanol–water partition coefficient (Wildman–Crippen LogP) is 4.46. The zero-order valence-corrected chi connectivity index (χ0v) is 19.9. The Hall–Kier alpha value is -3.39. The summed E-state index contributed by atoms with van der Waals surface area (Å²) in [5.41, 5.74) is 4.29. The van der Waals surface area contributed by atoms with Crippen molar-refractivity contribution in [1.82, 2.24) is 9.88 Å². The van der Waals surface area contributed by atoms with Crippen molar-refractivity contribution < 1.29 is 19.1 Å². The third-order valence-corrected chi connectivity index (χ3v) is 6.42. The summed E-state index contributed by atoms with van der Waals surface area (Å²) in [5, 5.41) is 3.58. The van der Waals surface area contributed by atoms with Gasteiger partial charge in [0.2, 0.25) is 5.91 Å². The molecule has 0 aliphatic rings. The van der Waals surface area contributed by atoms with E-state index < -0.39 is 0 Å². The summed E-state index contributed by atoms with van der Waals surface area (Å²) in [6.07, 6.45) is 0. The maximum Gasteiger partial charge on any atom is 0.266 e. The normalized spacial score (nSPS) is 10.6. The molecule has 0 fully saturated rings. The lowest BCUT2D eigenvalue weighted by molar-refractivity contribution is -0.116. The van der Waals surface area contributed by atoms with E-state index in [4.69, 9.17) is 9.47 Å². The van der Waals surface area contributed by atoms with Gasteiger partial charge in [0.15, 0.2) is 11.5 Å². The van der Waals surface area contributed by atoms with E-state index in [1.165, 1.54) is 16.2 Å². The van der Waals surface area contributed by atoms with E-state index >= 15 is 0 Å². The first kappa shape index (κ1) is 23.3. The van der Waals surface area contributed by atoms with Gasteiger partial charge in [-0.2, -0.15) is 0 Å². The van der Waals surface area contributed by atoms with Gasteiger partial charge in [-0.3, -0.25) is 9.59 Å². The van der Waals surface area contributed by atoms with Gasteiger partial charge in [-0.1, -0.05) is 12.1 Å². The zero-order valence-electron chi connectivity index (χ0n) is 19.1. The molecule has 0 bridgehead atoms. The fraction of sp³-hybridized carbons (Fsp3) is 0.292. The molecule has 0 radical (unpaired) electrons. The highest BCUT2D eigenvalue weighted by Gasteiger charge is 2.22. The molecule has 8 heteroatoms. The van der Waals surface area contributed by atoms with E-state index in [1.54, 1.807) is 34.3 Å². The maximum absolute atomic E-state index is 13.0. The molecule has 0 aliphatic carbocycles. The molecule has 2 amide bonds. The van der Waals surface area contributed by atoms with Gasteiger partial charge in [0.25, 0.3) is 5.91 Å². The van der Waals surface area contributed by atoms with Crippen LogP contribution in [0.3, 0.4) is 0 Å². The first-order chi connectivity index (χ1) is 15.2. The second kappa shape index (κ2) is 9.82. The molecule has 2 aromatic carbocycles. The molecule has 1 heterocycles. The molecule has 168 valence electrons. The largest absolute Gasteiger partial charge is 0.493 e. The summed E-state index contributed by atoms with van der Waals surface area (Å²) in [6, 6.07) is 11.2. The van der Waals surface area contributed by atoms with Gasteiger partial charge in [0.1, 0.15) is 9.88 Å². The summed E-state index contributed by atoms with van der Waals surface area (Å²) in [6.45, 7) is 5.67.